The topological polar surface area (TPSA) is 127 Å². The molecule has 1 unspecified atom stereocenters. The Labute approximate surface area is 177 Å². The maximum atomic E-state index is 12.6. The first kappa shape index (κ1) is 20.0. The summed E-state index contributed by atoms with van der Waals surface area (Å²) in [5.41, 5.74) is 6.64. The van der Waals surface area contributed by atoms with Crippen LogP contribution in [0.4, 0.5) is 5.82 Å². The SMILES string of the molecule is NC(=O)C1CCCN(CC(=O)Nc2cc(-c3nccs3)nc(-c3ccccn3)n2)C1. The van der Waals surface area contributed by atoms with E-state index in [0.29, 0.717) is 29.6 Å². The highest BCUT2D eigenvalue weighted by Crippen LogP contribution is 2.25. The minimum absolute atomic E-state index is 0.166. The van der Waals surface area contributed by atoms with E-state index >= 15 is 0 Å². The Morgan fingerprint density at radius 3 is 2.83 bits per heavy atom. The maximum Gasteiger partial charge on any atom is 0.239 e. The molecule has 1 aliphatic heterocycles. The van der Waals surface area contributed by atoms with Crippen molar-refractivity contribution in [2.75, 3.05) is 25.0 Å². The van der Waals surface area contributed by atoms with Gasteiger partial charge in [0, 0.05) is 30.4 Å². The van der Waals surface area contributed by atoms with Gasteiger partial charge in [-0.05, 0) is 31.5 Å². The molecule has 0 radical (unpaired) electrons. The number of nitrogens with zero attached hydrogens (tertiary/aromatic N) is 5. The van der Waals surface area contributed by atoms with Crippen molar-refractivity contribution in [1.29, 1.82) is 0 Å². The number of piperidine rings is 1. The van der Waals surface area contributed by atoms with Crippen LogP contribution in [0.15, 0.2) is 42.0 Å². The van der Waals surface area contributed by atoms with Crippen LogP contribution in [0.5, 0.6) is 0 Å². The maximum absolute atomic E-state index is 12.6. The van der Waals surface area contributed by atoms with Crippen LogP contribution in [0.1, 0.15) is 12.8 Å². The summed E-state index contributed by atoms with van der Waals surface area (Å²) in [7, 11) is 0. The smallest absolute Gasteiger partial charge is 0.239 e. The fourth-order valence-electron chi connectivity index (χ4n) is 3.40. The lowest BCUT2D eigenvalue weighted by Gasteiger charge is -2.30. The van der Waals surface area contributed by atoms with Crippen molar-refractivity contribution in [3.63, 3.8) is 0 Å². The Hall–Kier alpha value is -3.24. The Balaban J connectivity index is 1.53. The van der Waals surface area contributed by atoms with Crippen molar-refractivity contribution < 1.29 is 9.59 Å². The molecule has 0 bridgehead atoms. The van der Waals surface area contributed by atoms with E-state index in [0.717, 1.165) is 24.4 Å². The Bertz CT molecular complexity index is 1030. The Kier molecular flexibility index (Phi) is 6.05. The van der Waals surface area contributed by atoms with Crippen LogP contribution in [0, 0.1) is 5.92 Å². The molecule has 10 heteroatoms. The average Bonchev–Trinajstić information content (AvgIpc) is 3.29. The number of hydrogen-bond donors (Lipinski definition) is 2. The summed E-state index contributed by atoms with van der Waals surface area (Å²) in [4.78, 5) is 43.7. The molecule has 3 N–H and O–H groups in total. The van der Waals surface area contributed by atoms with E-state index < -0.39 is 0 Å². The number of nitrogens with two attached hydrogens (primary N) is 1. The van der Waals surface area contributed by atoms with Gasteiger partial charge in [-0.25, -0.2) is 15.0 Å². The minimum Gasteiger partial charge on any atom is -0.369 e. The predicted molar refractivity (Wildman–Crippen MR) is 113 cm³/mol. The molecule has 3 aromatic heterocycles. The molecule has 4 rings (SSSR count). The quantitative estimate of drug-likeness (QED) is 0.619. The monoisotopic (exact) mass is 423 g/mol. The molecule has 0 aromatic carbocycles. The first-order valence-electron chi connectivity index (χ1n) is 9.60. The molecule has 1 atom stereocenters. The Morgan fingerprint density at radius 1 is 1.20 bits per heavy atom. The van der Waals surface area contributed by atoms with Gasteiger partial charge in [0.25, 0.3) is 0 Å². The third-order valence-electron chi connectivity index (χ3n) is 4.81. The van der Waals surface area contributed by atoms with Gasteiger partial charge >= 0.3 is 0 Å². The molecule has 1 saturated heterocycles. The molecule has 4 heterocycles. The number of carbonyl (C=O) groups excluding carboxylic acids is 2. The van der Waals surface area contributed by atoms with Crippen LogP contribution >= 0.6 is 11.3 Å². The normalized spacial score (nSPS) is 16.9. The van der Waals surface area contributed by atoms with Crippen LogP contribution < -0.4 is 11.1 Å². The van der Waals surface area contributed by atoms with Crippen LogP contribution in [-0.2, 0) is 9.59 Å². The number of hydrogen-bond acceptors (Lipinski definition) is 8. The molecule has 0 saturated carbocycles. The summed E-state index contributed by atoms with van der Waals surface area (Å²) in [6.45, 7) is 1.42. The fourth-order valence-corrected chi connectivity index (χ4v) is 3.99. The van der Waals surface area contributed by atoms with Crippen molar-refractivity contribution in [3.8, 4) is 22.2 Å². The van der Waals surface area contributed by atoms with Gasteiger partial charge in [0.1, 0.15) is 22.2 Å². The van der Waals surface area contributed by atoms with Crippen molar-refractivity contribution >= 4 is 29.0 Å². The zero-order valence-electron chi connectivity index (χ0n) is 16.2. The van der Waals surface area contributed by atoms with Crippen molar-refractivity contribution in [2.45, 2.75) is 12.8 Å². The van der Waals surface area contributed by atoms with Gasteiger partial charge in [-0.1, -0.05) is 6.07 Å². The van der Waals surface area contributed by atoms with E-state index in [-0.39, 0.29) is 24.3 Å². The van der Waals surface area contributed by atoms with Gasteiger partial charge in [0.15, 0.2) is 5.82 Å². The van der Waals surface area contributed by atoms with Crippen LogP contribution in [-0.4, -0.2) is 56.3 Å². The minimum atomic E-state index is -0.316. The number of carbonyl (C=O) groups is 2. The summed E-state index contributed by atoms with van der Waals surface area (Å²) < 4.78 is 0. The number of nitrogens with one attached hydrogen (secondary N) is 1. The lowest BCUT2D eigenvalue weighted by atomic mass is 9.97. The van der Waals surface area contributed by atoms with Gasteiger partial charge < -0.3 is 11.1 Å². The molecule has 1 fully saturated rings. The van der Waals surface area contributed by atoms with E-state index in [2.05, 4.69) is 25.3 Å². The standard InChI is InChI=1S/C20H21N7O2S/c21-18(29)13-4-3-8-27(11-13)12-17(28)25-16-10-15(20-23-7-9-30-20)24-19(26-16)14-5-1-2-6-22-14/h1-2,5-7,9-10,13H,3-4,8,11-12H2,(H2,21,29)(H,24,25,26,28). The highest BCUT2D eigenvalue weighted by Gasteiger charge is 2.25. The molecular weight excluding hydrogens is 402 g/mol. The summed E-state index contributed by atoms with van der Waals surface area (Å²) >= 11 is 1.45. The molecule has 9 nitrogen and oxygen atoms in total. The van der Waals surface area contributed by atoms with E-state index in [1.165, 1.54) is 11.3 Å². The molecule has 1 aliphatic rings. The van der Waals surface area contributed by atoms with E-state index in [1.54, 1.807) is 18.5 Å². The predicted octanol–water partition coefficient (Wildman–Crippen LogP) is 1.80. The summed E-state index contributed by atoms with van der Waals surface area (Å²) in [6.07, 6.45) is 4.97. The zero-order chi connectivity index (χ0) is 20.9. The molecule has 0 aliphatic carbocycles. The first-order chi connectivity index (χ1) is 14.6. The van der Waals surface area contributed by atoms with Gasteiger partial charge in [-0.15, -0.1) is 11.3 Å². The molecule has 30 heavy (non-hydrogen) atoms. The van der Waals surface area contributed by atoms with Crippen LogP contribution in [0.3, 0.4) is 0 Å². The van der Waals surface area contributed by atoms with Crippen molar-refractivity contribution in [1.82, 2.24) is 24.8 Å². The van der Waals surface area contributed by atoms with E-state index in [1.807, 2.05) is 28.5 Å². The number of primary amides is 1. The second kappa shape index (κ2) is 9.06. The van der Waals surface area contributed by atoms with Crippen molar-refractivity contribution in [2.24, 2.45) is 11.7 Å². The number of likely N-dealkylation sites (tertiary alicyclic amines) is 1. The average molecular weight is 424 g/mol. The van der Waals surface area contributed by atoms with Gasteiger partial charge in [-0.3, -0.25) is 19.5 Å². The third kappa shape index (κ3) is 4.84. The van der Waals surface area contributed by atoms with Crippen molar-refractivity contribution in [3.05, 3.63) is 42.0 Å². The number of rotatable bonds is 6. The molecule has 3 aromatic rings. The van der Waals surface area contributed by atoms with Gasteiger partial charge in [0.05, 0.1) is 12.5 Å². The van der Waals surface area contributed by atoms with Crippen LogP contribution in [0.2, 0.25) is 0 Å². The number of thiazole rings is 1. The first-order valence-corrected chi connectivity index (χ1v) is 10.5. The zero-order valence-corrected chi connectivity index (χ0v) is 17.0. The number of anilines is 1. The van der Waals surface area contributed by atoms with Gasteiger partial charge in [0.2, 0.25) is 11.8 Å². The Morgan fingerprint density at radius 2 is 2.10 bits per heavy atom. The third-order valence-corrected chi connectivity index (χ3v) is 5.61. The lowest BCUT2D eigenvalue weighted by molar-refractivity contribution is -0.125. The highest BCUT2D eigenvalue weighted by molar-refractivity contribution is 7.13. The van der Waals surface area contributed by atoms with E-state index in [9.17, 15) is 9.59 Å². The highest BCUT2D eigenvalue weighted by atomic mass is 32.1. The summed E-state index contributed by atoms with van der Waals surface area (Å²) in [5.74, 6) is 0.0485. The van der Waals surface area contributed by atoms with E-state index in [4.69, 9.17) is 5.73 Å². The summed E-state index contributed by atoms with van der Waals surface area (Å²) in [5, 5.41) is 5.44. The molecule has 2 amide bonds. The fraction of sp³-hybridized carbons (Fsp3) is 0.300. The number of pyridine rings is 1. The number of aromatic nitrogens is 4. The second-order valence-electron chi connectivity index (χ2n) is 7.04. The molecular formula is C20H21N7O2S. The van der Waals surface area contributed by atoms with Gasteiger partial charge in [-0.2, -0.15) is 0 Å². The second-order valence-corrected chi connectivity index (χ2v) is 7.93. The van der Waals surface area contributed by atoms with Crippen LogP contribution in [0.25, 0.3) is 22.2 Å². The lowest BCUT2D eigenvalue weighted by Crippen LogP contribution is -2.44. The molecule has 0 spiro atoms. The summed E-state index contributed by atoms with van der Waals surface area (Å²) in [6, 6.07) is 7.18. The molecule has 154 valence electrons. The number of amides is 2. The largest absolute Gasteiger partial charge is 0.369 e.